The Labute approximate surface area is 169 Å². The van der Waals surface area contributed by atoms with Crippen LogP contribution in [0.5, 0.6) is 0 Å². The van der Waals surface area contributed by atoms with Gasteiger partial charge in [-0.15, -0.1) is 0 Å². The average molecular weight is 424 g/mol. The van der Waals surface area contributed by atoms with Crippen molar-refractivity contribution in [1.82, 2.24) is 10.3 Å². The van der Waals surface area contributed by atoms with Crippen LogP contribution >= 0.6 is 11.6 Å². The Hall–Kier alpha value is -2.61. The highest BCUT2D eigenvalue weighted by Crippen LogP contribution is 2.46. The van der Waals surface area contributed by atoms with Crippen molar-refractivity contribution in [3.05, 3.63) is 58.6 Å². The summed E-state index contributed by atoms with van der Waals surface area (Å²) in [4.78, 5) is 30.4. The summed E-state index contributed by atoms with van der Waals surface area (Å²) >= 11 is 6.29. The summed E-state index contributed by atoms with van der Waals surface area (Å²) < 4.78 is 40.3. The fourth-order valence-corrected chi connectivity index (χ4v) is 4.48. The van der Waals surface area contributed by atoms with Crippen LogP contribution in [-0.2, 0) is 21.5 Å². The van der Waals surface area contributed by atoms with Crippen molar-refractivity contribution in [3.63, 3.8) is 0 Å². The van der Waals surface area contributed by atoms with E-state index in [2.05, 4.69) is 10.3 Å². The molecule has 1 fully saturated rings. The summed E-state index contributed by atoms with van der Waals surface area (Å²) in [6, 6.07) is 5.40. The van der Waals surface area contributed by atoms with Gasteiger partial charge in [0.1, 0.15) is 5.82 Å². The lowest BCUT2D eigenvalue weighted by atomic mass is 9.84. The van der Waals surface area contributed by atoms with E-state index >= 15 is 0 Å². The van der Waals surface area contributed by atoms with E-state index in [0.717, 1.165) is 17.2 Å². The topological polar surface area (TPSA) is 62.3 Å². The largest absolute Gasteiger partial charge is 0.351 e. The van der Waals surface area contributed by atoms with Crippen LogP contribution in [0.4, 0.5) is 18.9 Å². The van der Waals surface area contributed by atoms with Crippen LogP contribution in [0.3, 0.4) is 0 Å². The van der Waals surface area contributed by atoms with Crippen LogP contribution < -0.4 is 10.2 Å². The van der Waals surface area contributed by atoms with Gasteiger partial charge in [-0.25, -0.2) is 13.2 Å². The van der Waals surface area contributed by atoms with Gasteiger partial charge in [0, 0.05) is 30.0 Å². The molecule has 5 nitrogen and oxygen atoms in total. The first kappa shape index (κ1) is 19.7. The van der Waals surface area contributed by atoms with Crippen LogP contribution in [-0.4, -0.2) is 29.3 Å². The van der Waals surface area contributed by atoms with Crippen LogP contribution in [0.15, 0.2) is 36.7 Å². The molecular formula is C20H17ClF3N3O2. The monoisotopic (exact) mass is 423 g/mol. The molecule has 1 aromatic carbocycles. The number of benzene rings is 1. The van der Waals surface area contributed by atoms with E-state index in [-0.39, 0.29) is 12.1 Å². The van der Waals surface area contributed by atoms with Gasteiger partial charge in [-0.3, -0.25) is 19.5 Å². The summed E-state index contributed by atoms with van der Waals surface area (Å²) in [5.74, 6) is -4.08. The summed E-state index contributed by atoms with van der Waals surface area (Å²) in [7, 11) is 0. The molecule has 0 bridgehead atoms. The molecule has 2 aliphatic rings. The number of anilines is 1. The van der Waals surface area contributed by atoms with Crippen molar-refractivity contribution < 1.29 is 22.8 Å². The normalized spacial score (nSPS) is 22.5. The molecule has 1 heterocycles. The van der Waals surface area contributed by atoms with Crippen molar-refractivity contribution in [2.75, 3.05) is 4.90 Å². The molecule has 1 aromatic heterocycles. The number of pyridine rings is 1. The third-order valence-electron chi connectivity index (χ3n) is 5.59. The molecular weight excluding hydrogens is 407 g/mol. The molecule has 29 heavy (non-hydrogen) atoms. The van der Waals surface area contributed by atoms with Crippen molar-refractivity contribution >= 4 is 29.6 Å². The zero-order valence-corrected chi connectivity index (χ0v) is 15.9. The molecule has 9 heteroatoms. The third-order valence-corrected chi connectivity index (χ3v) is 5.94. The van der Waals surface area contributed by atoms with Gasteiger partial charge in [-0.2, -0.15) is 0 Å². The molecule has 0 spiro atoms. The number of hydrogen-bond acceptors (Lipinski definition) is 3. The number of fused-ring (bicyclic) bond motifs is 1. The van der Waals surface area contributed by atoms with Gasteiger partial charge in [0.15, 0.2) is 5.54 Å². The second-order valence-corrected chi connectivity index (χ2v) is 7.80. The van der Waals surface area contributed by atoms with Gasteiger partial charge in [-0.05, 0) is 30.0 Å². The van der Waals surface area contributed by atoms with Crippen molar-refractivity contribution in [1.29, 1.82) is 0 Å². The lowest BCUT2D eigenvalue weighted by Gasteiger charge is -2.42. The SMILES string of the molecule is O=CN(c1cncc(F)c1)C1(C(=O)NC2CC(F)(F)C2)CCc2c(Cl)cccc21. The quantitative estimate of drug-likeness (QED) is 0.747. The van der Waals surface area contributed by atoms with E-state index in [1.165, 1.54) is 6.20 Å². The van der Waals surface area contributed by atoms with Crippen LogP contribution in [0.25, 0.3) is 0 Å². The molecule has 0 radical (unpaired) electrons. The zero-order valence-electron chi connectivity index (χ0n) is 15.2. The fourth-order valence-electron chi connectivity index (χ4n) is 4.21. The highest BCUT2D eigenvalue weighted by Gasteiger charge is 2.54. The van der Waals surface area contributed by atoms with E-state index < -0.39 is 42.1 Å². The predicted molar refractivity (Wildman–Crippen MR) is 100 cm³/mol. The second-order valence-electron chi connectivity index (χ2n) is 7.40. The van der Waals surface area contributed by atoms with Crippen molar-refractivity contribution in [2.45, 2.75) is 43.2 Å². The maximum absolute atomic E-state index is 13.8. The number of carbonyl (C=O) groups is 2. The highest BCUT2D eigenvalue weighted by atomic mass is 35.5. The minimum Gasteiger partial charge on any atom is -0.351 e. The molecule has 1 atom stereocenters. The smallest absolute Gasteiger partial charge is 0.252 e. The maximum Gasteiger partial charge on any atom is 0.252 e. The first-order chi connectivity index (χ1) is 13.8. The molecule has 152 valence electrons. The number of aromatic nitrogens is 1. The van der Waals surface area contributed by atoms with Gasteiger partial charge in [0.2, 0.25) is 6.41 Å². The number of amides is 2. The standard InChI is InChI=1S/C20H17ClF3N3O2/c21-17-3-1-2-16-15(17)4-5-20(16,18(29)26-13-7-19(23,24)8-13)27(11-28)14-6-12(22)9-25-10-14/h1-3,6,9-11,13H,4-5,7-8H2,(H,26,29). The summed E-state index contributed by atoms with van der Waals surface area (Å²) in [5.41, 5.74) is -0.270. The van der Waals surface area contributed by atoms with Crippen molar-refractivity contribution in [3.8, 4) is 0 Å². The Balaban J connectivity index is 1.80. The Morgan fingerprint density at radius 3 is 2.72 bits per heavy atom. The minimum absolute atomic E-state index is 0.0851. The second kappa shape index (κ2) is 7.02. The number of nitrogens with one attached hydrogen (secondary N) is 1. The number of alkyl halides is 2. The third kappa shape index (κ3) is 3.25. The Kier molecular flexibility index (Phi) is 4.77. The Bertz CT molecular complexity index is 979. The fraction of sp³-hybridized carbons (Fsp3) is 0.350. The zero-order chi connectivity index (χ0) is 20.8. The van der Waals surface area contributed by atoms with Gasteiger partial charge < -0.3 is 5.32 Å². The van der Waals surface area contributed by atoms with E-state index in [1.807, 2.05) is 0 Å². The number of rotatable bonds is 5. The van der Waals surface area contributed by atoms with E-state index in [4.69, 9.17) is 11.6 Å². The van der Waals surface area contributed by atoms with Crippen LogP contribution in [0.2, 0.25) is 5.02 Å². The van der Waals surface area contributed by atoms with E-state index in [9.17, 15) is 22.8 Å². The average Bonchev–Trinajstić information content (AvgIpc) is 3.03. The Morgan fingerprint density at radius 1 is 1.31 bits per heavy atom. The first-order valence-electron chi connectivity index (χ1n) is 9.09. The molecule has 1 N–H and O–H groups in total. The molecule has 1 saturated carbocycles. The number of halogens is 4. The minimum atomic E-state index is -2.81. The van der Waals surface area contributed by atoms with Gasteiger partial charge in [-0.1, -0.05) is 23.7 Å². The molecule has 0 saturated heterocycles. The lowest BCUT2D eigenvalue weighted by Crippen LogP contribution is -2.60. The summed E-state index contributed by atoms with van der Waals surface area (Å²) in [6.07, 6.45) is 2.34. The molecule has 4 rings (SSSR count). The van der Waals surface area contributed by atoms with Gasteiger partial charge in [0.05, 0.1) is 18.1 Å². The van der Waals surface area contributed by atoms with Gasteiger partial charge in [0.25, 0.3) is 11.8 Å². The molecule has 1 unspecified atom stereocenters. The van der Waals surface area contributed by atoms with Crippen molar-refractivity contribution in [2.24, 2.45) is 0 Å². The van der Waals surface area contributed by atoms with Crippen LogP contribution in [0.1, 0.15) is 30.4 Å². The van der Waals surface area contributed by atoms with E-state index in [0.29, 0.717) is 29.0 Å². The lowest BCUT2D eigenvalue weighted by molar-refractivity contribution is -0.135. The highest BCUT2D eigenvalue weighted by molar-refractivity contribution is 6.31. The molecule has 0 aliphatic heterocycles. The maximum atomic E-state index is 13.8. The first-order valence-corrected chi connectivity index (χ1v) is 9.46. The predicted octanol–water partition coefficient (Wildman–Crippen LogP) is 3.59. The summed E-state index contributed by atoms with van der Waals surface area (Å²) in [5, 5.41) is 3.08. The summed E-state index contributed by atoms with van der Waals surface area (Å²) in [6.45, 7) is 0. The van der Waals surface area contributed by atoms with E-state index in [1.54, 1.807) is 18.2 Å². The molecule has 2 amide bonds. The number of nitrogens with zero attached hydrogens (tertiary/aromatic N) is 2. The Morgan fingerprint density at radius 2 is 2.07 bits per heavy atom. The van der Waals surface area contributed by atoms with Gasteiger partial charge >= 0.3 is 0 Å². The van der Waals surface area contributed by atoms with Crippen LogP contribution in [0, 0.1) is 5.82 Å². The number of carbonyl (C=O) groups excluding carboxylic acids is 2. The number of hydrogen-bond donors (Lipinski definition) is 1. The molecule has 2 aliphatic carbocycles. The molecule has 2 aromatic rings.